The molecule has 0 heterocycles. The molecule has 1 nitrogen and oxygen atoms in total. The zero-order valence-electron chi connectivity index (χ0n) is 7.24. The molecule has 1 unspecified atom stereocenters. The molecule has 1 aromatic carbocycles. The Morgan fingerprint density at radius 1 is 1.38 bits per heavy atom. The van der Waals surface area contributed by atoms with Gasteiger partial charge in [-0.1, -0.05) is 52.2 Å². The fourth-order valence-corrected chi connectivity index (χ4v) is 1.61. The number of halogens is 1. The molecule has 0 aromatic heterocycles. The first-order chi connectivity index (χ1) is 6.38. The maximum Gasteiger partial charge on any atom is 0.108 e. The van der Waals surface area contributed by atoms with Crippen molar-refractivity contribution in [2.45, 2.75) is 6.10 Å². The number of hydrogen-bond donors (Lipinski definition) is 0. The zero-order chi connectivity index (χ0) is 9.52. The molecule has 0 amide bonds. The van der Waals surface area contributed by atoms with Gasteiger partial charge in [0.2, 0.25) is 0 Å². The van der Waals surface area contributed by atoms with Crippen molar-refractivity contribution in [3.8, 4) is 12.3 Å². The molecule has 0 saturated carbocycles. The highest BCUT2D eigenvalue weighted by Crippen LogP contribution is 2.18. The first-order valence-electron chi connectivity index (χ1n) is 4.04. The summed E-state index contributed by atoms with van der Waals surface area (Å²) in [7, 11) is 0. The van der Waals surface area contributed by atoms with Crippen molar-refractivity contribution < 1.29 is 4.74 Å². The highest BCUT2D eigenvalue weighted by Gasteiger charge is 2.08. The van der Waals surface area contributed by atoms with E-state index >= 15 is 0 Å². The minimum Gasteiger partial charge on any atom is -0.360 e. The number of ether oxygens (including phenoxy) is 1. The van der Waals surface area contributed by atoms with E-state index in [9.17, 15) is 0 Å². The van der Waals surface area contributed by atoms with Crippen molar-refractivity contribution in [2.75, 3.05) is 11.9 Å². The maximum absolute atomic E-state index is 5.44. The minimum absolute atomic E-state index is 0.0530. The van der Waals surface area contributed by atoms with Crippen molar-refractivity contribution in [1.29, 1.82) is 0 Å². The SMILES string of the molecule is C#CCOC(CBr)c1ccccc1. The number of alkyl halides is 1. The lowest BCUT2D eigenvalue weighted by Gasteiger charge is -2.13. The predicted octanol–water partition coefficient (Wildman–Crippen LogP) is 2.77. The van der Waals surface area contributed by atoms with Gasteiger partial charge in [0.05, 0.1) is 6.10 Å². The molecule has 1 aromatic rings. The Morgan fingerprint density at radius 3 is 2.62 bits per heavy atom. The molecule has 0 aliphatic carbocycles. The van der Waals surface area contributed by atoms with E-state index < -0.39 is 0 Å². The van der Waals surface area contributed by atoms with E-state index in [2.05, 4.69) is 21.9 Å². The van der Waals surface area contributed by atoms with Crippen molar-refractivity contribution in [3.05, 3.63) is 35.9 Å². The first kappa shape index (κ1) is 10.3. The third kappa shape index (κ3) is 3.22. The Morgan fingerprint density at radius 2 is 2.08 bits per heavy atom. The molecule has 0 N–H and O–H groups in total. The molecular formula is C11H11BrO. The summed E-state index contributed by atoms with van der Waals surface area (Å²) >= 11 is 3.39. The highest BCUT2D eigenvalue weighted by molar-refractivity contribution is 9.09. The summed E-state index contributed by atoms with van der Waals surface area (Å²) in [4.78, 5) is 0. The average molecular weight is 239 g/mol. The number of rotatable bonds is 4. The third-order valence-corrected chi connectivity index (χ3v) is 2.27. The quantitative estimate of drug-likeness (QED) is 0.579. The van der Waals surface area contributed by atoms with Gasteiger partial charge in [0, 0.05) is 5.33 Å². The van der Waals surface area contributed by atoms with Crippen LogP contribution in [0.1, 0.15) is 11.7 Å². The van der Waals surface area contributed by atoms with E-state index in [-0.39, 0.29) is 6.10 Å². The van der Waals surface area contributed by atoms with Crippen LogP contribution in [-0.4, -0.2) is 11.9 Å². The Balaban J connectivity index is 2.63. The summed E-state index contributed by atoms with van der Waals surface area (Å²) in [6, 6.07) is 10.0. The van der Waals surface area contributed by atoms with E-state index in [0.29, 0.717) is 6.61 Å². The molecule has 0 radical (unpaired) electrons. The Labute approximate surface area is 87.2 Å². The van der Waals surface area contributed by atoms with Crippen LogP contribution in [-0.2, 0) is 4.74 Å². The van der Waals surface area contributed by atoms with E-state index in [1.54, 1.807) is 0 Å². The van der Waals surface area contributed by atoms with Gasteiger partial charge < -0.3 is 4.74 Å². The van der Waals surface area contributed by atoms with E-state index in [1.807, 2.05) is 30.3 Å². The lowest BCUT2D eigenvalue weighted by atomic mass is 10.1. The second-order valence-corrected chi connectivity index (χ2v) is 3.22. The van der Waals surface area contributed by atoms with Crippen molar-refractivity contribution in [2.24, 2.45) is 0 Å². The van der Waals surface area contributed by atoms with Crippen LogP contribution in [0, 0.1) is 12.3 Å². The second kappa shape index (κ2) is 5.80. The van der Waals surface area contributed by atoms with Gasteiger partial charge in [-0.2, -0.15) is 0 Å². The molecular weight excluding hydrogens is 228 g/mol. The van der Waals surface area contributed by atoms with Gasteiger partial charge in [-0.25, -0.2) is 0 Å². The average Bonchev–Trinajstić information content (AvgIpc) is 2.21. The number of terminal acetylenes is 1. The van der Waals surface area contributed by atoms with Gasteiger partial charge >= 0.3 is 0 Å². The van der Waals surface area contributed by atoms with Gasteiger partial charge in [0.25, 0.3) is 0 Å². The van der Waals surface area contributed by atoms with Gasteiger partial charge in [-0.3, -0.25) is 0 Å². The van der Waals surface area contributed by atoms with Crippen LogP contribution < -0.4 is 0 Å². The fourth-order valence-electron chi connectivity index (χ4n) is 1.05. The smallest absolute Gasteiger partial charge is 0.108 e. The summed E-state index contributed by atoms with van der Waals surface area (Å²) < 4.78 is 5.44. The summed E-state index contributed by atoms with van der Waals surface area (Å²) in [5.74, 6) is 2.46. The standard InChI is InChI=1S/C11H11BrO/c1-2-8-13-11(9-12)10-6-4-3-5-7-10/h1,3-7,11H,8-9H2. The van der Waals surface area contributed by atoms with Crippen LogP contribution in [0.2, 0.25) is 0 Å². The molecule has 2 heteroatoms. The minimum atomic E-state index is 0.0530. The van der Waals surface area contributed by atoms with E-state index in [0.717, 1.165) is 10.9 Å². The number of hydrogen-bond acceptors (Lipinski definition) is 1. The normalized spacial score (nSPS) is 12.0. The second-order valence-electron chi connectivity index (χ2n) is 2.57. The molecule has 68 valence electrons. The van der Waals surface area contributed by atoms with E-state index in [4.69, 9.17) is 11.2 Å². The molecule has 0 aliphatic heterocycles. The van der Waals surface area contributed by atoms with Crippen LogP contribution in [0.5, 0.6) is 0 Å². The lowest BCUT2D eigenvalue weighted by Crippen LogP contribution is -2.05. The fraction of sp³-hybridized carbons (Fsp3) is 0.273. The number of benzene rings is 1. The summed E-state index contributed by atoms with van der Waals surface area (Å²) in [5, 5.41) is 0.763. The van der Waals surface area contributed by atoms with Crippen LogP contribution in [0.4, 0.5) is 0 Å². The van der Waals surface area contributed by atoms with Gasteiger partial charge in [0.15, 0.2) is 0 Å². The molecule has 0 fully saturated rings. The van der Waals surface area contributed by atoms with Crippen LogP contribution in [0.3, 0.4) is 0 Å². The summed E-state index contributed by atoms with van der Waals surface area (Å²) in [6.07, 6.45) is 5.17. The van der Waals surface area contributed by atoms with E-state index in [1.165, 1.54) is 0 Å². The molecule has 1 rings (SSSR count). The Hall–Kier alpha value is -0.780. The largest absolute Gasteiger partial charge is 0.360 e. The van der Waals surface area contributed by atoms with Gasteiger partial charge in [-0.15, -0.1) is 6.42 Å². The molecule has 0 bridgehead atoms. The monoisotopic (exact) mass is 238 g/mol. The Kier molecular flexibility index (Phi) is 4.59. The lowest BCUT2D eigenvalue weighted by molar-refractivity contribution is 0.0972. The predicted molar refractivity (Wildman–Crippen MR) is 57.8 cm³/mol. The molecule has 0 aliphatic rings. The van der Waals surface area contributed by atoms with Crippen LogP contribution in [0.15, 0.2) is 30.3 Å². The third-order valence-electron chi connectivity index (χ3n) is 1.68. The molecule has 0 spiro atoms. The zero-order valence-corrected chi connectivity index (χ0v) is 8.83. The van der Waals surface area contributed by atoms with Gasteiger partial charge in [-0.05, 0) is 5.56 Å². The topological polar surface area (TPSA) is 9.23 Å². The van der Waals surface area contributed by atoms with Crippen LogP contribution >= 0.6 is 15.9 Å². The first-order valence-corrected chi connectivity index (χ1v) is 5.16. The van der Waals surface area contributed by atoms with Crippen molar-refractivity contribution in [3.63, 3.8) is 0 Å². The van der Waals surface area contributed by atoms with Crippen molar-refractivity contribution in [1.82, 2.24) is 0 Å². The van der Waals surface area contributed by atoms with Crippen molar-refractivity contribution >= 4 is 15.9 Å². The molecule has 1 atom stereocenters. The summed E-state index contributed by atoms with van der Waals surface area (Å²) in [5.41, 5.74) is 1.15. The molecule has 13 heavy (non-hydrogen) atoms. The highest BCUT2D eigenvalue weighted by atomic mass is 79.9. The van der Waals surface area contributed by atoms with Gasteiger partial charge in [0.1, 0.15) is 6.61 Å². The molecule has 0 saturated heterocycles. The van der Waals surface area contributed by atoms with Crippen LogP contribution in [0.25, 0.3) is 0 Å². The summed E-state index contributed by atoms with van der Waals surface area (Å²) in [6.45, 7) is 0.352. The Bertz CT molecular complexity index is 276. The maximum atomic E-state index is 5.44.